The second kappa shape index (κ2) is 7.52. The predicted molar refractivity (Wildman–Crippen MR) is 95.3 cm³/mol. The molecule has 130 valence electrons. The third kappa shape index (κ3) is 4.08. The molecule has 0 spiro atoms. The SMILES string of the molecule is CC1=CC(=O)C(C(C)C)=CC1=NOC(=O)c1cccc([N+](=O)[O-])c1Br. The molecule has 1 aliphatic carbocycles. The van der Waals surface area contributed by atoms with Gasteiger partial charge >= 0.3 is 5.97 Å². The lowest BCUT2D eigenvalue weighted by Gasteiger charge is -2.14. The van der Waals surface area contributed by atoms with Crippen LogP contribution in [0.1, 0.15) is 31.1 Å². The monoisotopic (exact) mass is 406 g/mol. The minimum Gasteiger partial charge on any atom is -0.312 e. The van der Waals surface area contributed by atoms with Crippen molar-refractivity contribution in [1.82, 2.24) is 0 Å². The topological polar surface area (TPSA) is 98.9 Å². The summed E-state index contributed by atoms with van der Waals surface area (Å²) >= 11 is 3.04. The second-order valence-electron chi connectivity index (χ2n) is 5.70. The van der Waals surface area contributed by atoms with Crippen LogP contribution in [-0.4, -0.2) is 22.4 Å². The molecule has 1 aromatic rings. The van der Waals surface area contributed by atoms with E-state index in [1.807, 2.05) is 13.8 Å². The van der Waals surface area contributed by atoms with Crippen molar-refractivity contribution >= 4 is 39.1 Å². The van der Waals surface area contributed by atoms with Crippen molar-refractivity contribution in [3.8, 4) is 0 Å². The highest BCUT2D eigenvalue weighted by atomic mass is 79.9. The van der Waals surface area contributed by atoms with Gasteiger partial charge in [-0.1, -0.05) is 25.1 Å². The first-order chi connectivity index (χ1) is 11.7. The lowest BCUT2D eigenvalue weighted by molar-refractivity contribution is -0.385. The minimum absolute atomic E-state index is 0.00340. The Kier molecular flexibility index (Phi) is 5.63. The molecule has 0 saturated heterocycles. The zero-order chi connectivity index (χ0) is 18.7. The van der Waals surface area contributed by atoms with Crippen LogP contribution in [0.15, 0.2) is 51.1 Å². The fourth-order valence-electron chi connectivity index (χ4n) is 2.19. The fourth-order valence-corrected chi connectivity index (χ4v) is 2.76. The summed E-state index contributed by atoms with van der Waals surface area (Å²) in [7, 11) is 0. The average molecular weight is 407 g/mol. The minimum atomic E-state index is -0.840. The maximum Gasteiger partial charge on any atom is 0.367 e. The number of carbonyl (C=O) groups is 2. The maximum atomic E-state index is 12.2. The van der Waals surface area contributed by atoms with Crippen molar-refractivity contribution in [2.45, 2.75) is 20.8 Å². The van der Waals surface area contributed by atoms with E-state index in [1.54, 1.807) is 13.0 Å². The second-order valence-corrected chi connectivity index (χ2v) is 6.49. The van der Waals surface area contributed by atoms with E-state index in [0.29, 0.717) is 16.9 Å². The van der Waals surface area contributed by atoms with Gasteiger partial charge in [0.05, 0.1) is 10.5 Å². The molecular weight excluding hydrogens is 392 g/mol. The molecule has 1 aliphatic rings. The van der Waals surface area contributed by atoms with Crippen LogP contribution in [0.5, 0.6) is 0 Å². The first-order valence-corrected chi connectivity index (χ1v) is 8.18. The number of allylic oxidation sites excluding steroid dienone is 4. The van der Waals surface area contributed by atoms with Crippen LogP contribution in [0.4, 0.5) is 5.69 Å². The van der Waals surface area contributed by atoms with E-state index in [2.05, 4.69) is 21.1 Å². The number of carbonyl (C=O) groups excluding carboxylic acids is 2. The standard InChI is InChI=1S/C17H15BrN2O5/c1-9(2)12-8-13(10(3)7-15(12)21)19-25-17(22)11-5-4-6-14(16(11)18)20(23)24/h4-9H,1-3H3. The number of ketones is 1. The molecule has 2 rings (SSSR count). The Hall–Kier alpha value is -2.61. The van der Waals surface area contributed by atoms with E-state index < -0.39 is 10.9 Å². The van der Waals surface area contributed by atoms with E-state index in [0.717, 1.165) is 0 Å². The molecule has 0 unspecified atom stereocenters. The van der Waals surface area contributed by atoms with Gasteiger partial charge in [-0.25, -0.2) is 4.79 Å². The number of oxime groups is 1. The summed E-state index contributed by atoms with van der Waals surface area (Å²) < 4.78 is 0.0229. The molecule has 0 aliphatic heterocycles. The van der Waals surface area contributed by atoms with Crippen LogP contribution in [0, 0.1) is 16.0 Å². The van der Waals surface area contributed by atoms with Crippen molar-refractivity contribution in [3.63, 3.8) is 0 Å². The highest BCUT2D eigenvalue weighted by Crippen LogP contribution is 2.29. The predicted octanol–water partition coefficient (Wildman–Crippen LogP) is 3.98. The van der Waals surface area contributed by atoms with Crippen molar-refractivity contribution in [2.75, 3.05) is 0 Å². The number of hydrogen-bond acceptors (Lipinski definition) is 6. The summed E-state index contributed by atoms with van der Waals surface area (Å²) in [6, 6.07) is 4.04. The number of nitro groups is 1. The summed E-state index contributed by atoms with van der Waals surface area (Å²) in [5, 5.41) is 14.7. The van der Waals surface area contributed by atoms with Gasteiger partial charge in [-0.3, -0.25) is 14.9 Å². The van der Waals surface area contributed by atoms with E-state index in [-0.39, 0.29) is 27.4 Å². The summed E-state index contributed by atoms with van der Waals surface area (Å²) in [5.74, 6) is -0.935. The Morgan fingerprint density at radius 3 is 2.60 bits per heavy atom. The molecular formula is C17H15BrN2O5. The van der Waals surface area contributed by atoms with Gasteiger partial charge in [0.25, 0.3) is 5.69 Å². The zero-order valence-corrected chi connectivity index (χ0v) is 15.4. The van der Waals surface area contributed by atoms with E-state index in [4.69, 9.17) is 4.84 Å². The van der Waals surface area contributed by atoms with Crippen LogP contribution in [-0.2, 0) is 9.63 Å². The van der Waals surface area contributed by atoms with E-state index in [9.17, 15) is 19.7 Å². The molecule has 0 aromatic heterocycles. The Labute approximate surface area is 152 Å². The zero-order valence-electron chi connectivity index (χ0n) is 13.8. The average Bonchev–Trinajstić information content (AvgIpc) is 2.53. The first-order valence-electron chi connectivity index (χ1n) is 7.39. The molecule has 0 fully saturated rings. The Bertz CT molecular complexity index is 853. The molecule has 7 nitrogen and oxygen atoms in total. The summed E-state index contributed by atoms with van der Waals surface area (Å²) in [4.78, 5) is 39.3. The number of rotatable bonds is 4. The molecule has 0 N–H and O–H groups in total. The van der Waals surface area contributed by atoms with Crippen molar-refractivity contribution in [2.24, 2.45) is 11.1 Å². The fraction of sp³-hybridized carbons (Fsp3) is 0.235. The number of halogens is 1. The van der Waals surface area contributed by atoms with Crippen LogP contribution in [0.25, 0.3) is 0 Å². The van der Waals surface area contributed by atoms with E-state index >= 15 is 0 Å². The lowest BCUT2D eigenvalue weighted by Crippen LogP contribution is -2.16. The van der Waals surface area contributed by atoms with Crippen molar-refractivity contribution in [1.29, 1.82) is 0 Å². The summed E-state index contributed by atoms with van der Waals surface area (Å²) in [5.41, 5.74) is 1.24. The van der Waals surface area contributed by atoms with Crippen molar-refractivity contribution < 1.29 is 19.3 Å². The normalized spacial score (nSPS) is 15.9. The third-order valence-electron chi connectivity index (χ3n) is 3.57. The molecule has 0 amide bonds. The molecule has 0 heterocycles. The Morgan fingerprint density at radius 2 is 2.00 bits per heavy atom. The van der Waals surface area contributed by atoms with Crippen LogP contribution >= 0.6 is 15.9 Å². The molecule has 0 atom stereocenters. The Balaban J connectivity index is 2.29. The van der Waals surface area contributed by atoms with Gasteiger partial charge in [0.15, 0.2) is 5.78 Å². The van der Waals surface area contributed by atoms with Gasteiger partial charge in [0, 0.05) is 11.6 Å². The summed E-state index contributed by atoms with van der Waals surface area (Å²) in [6.45, 7) is 5.44. The number of nitrogens with zero attached hydrogens (tertiary/aromatic N) is 2. The Morgan fingerprint density at radius 1 is 1.32 bits per heavy atom. The lowest BCUT2D eigenvalue weighted by atomic mass is 9.90. The molecule has 25 heavy (non-hydrogen) atoms. The van der Waals surface area contributed by atoms with Gasteiger partial charge < -0.3 is 4.84 Å². The largest absolute Gasteiger partial charge is 0.367 e. The maximum absolute atomic E-state index is 12.2. The smallest absolute Gasteiger partial charge is 0.312 e. The van der Waals surface area contributed by atoms with Crippen LogP contribution in [0.3, 0.4) is 0 Å². The molecule has 8 heteroatoms. The number of hydrogen-bond donors (Lipinski definition) is 0. The summed E-state index contributed by atoms with van der Waals surface area (Å²) in [6.07, 6.45) is 3.02. The highest BCUT2D eigenvalue weighted by molar-refractivity contribution is 9.10. The number of benzene rings is 1. The molecule has 0 radical (unpaired) electrons. The van der Waals surface area contributed by atoms with Gasteiger partial charge in [0.2, 0.25) is 0 Å². The van der Waals surface area contributed by atoms with Gasteiger partial charge in [-0.05, 0) is 52.6 Å². The highest BCUT2D eigenvalue weighted by Gasteiger charge is 2.22. The number of nitro benzene ring substituents is 1. The molecule has 1 aromatic carbocycles. The first kappa shape index (κ1) is 18.7. The van der Waals surface area contributed by atoms with Crippen molar-refractivity contribution in [3.05, 3.63) is 61.6 Å². The molecule has 0 bridgehead atoms. The van der Waals surface area contributed by atoms with Gasteiger partial charge in [-0.2, -0.15) is 0 Å². The van der Waals surface area contributed by atoms with Crippen LogP contribution in [0.2, 0.25) is 0 Å². The van der Waals surface area contributed by atoms with E-state index in [1.165, 1.54) is 24.3 Å². The quantitative estimate of drug-likeness (QED) is 0.325. The third-order valence-corrected chi connectivity index (χ3v) is 4.41. The van der Waals surface area contributed by atoms with Crippen LogP contribution < -0.4 is 0 Å². The molecule has 0 saturated carbocycles. The van der Waals surface area contributed by atoms with Gasteiger partial charge in [0.1, 0.15) is 10.2 Å². The van der Waals surface area contributed by atoms with Gasteiger partial charge in [-0.15, -0.1) is 0 Å².